The van der Waals surface area contributed by atoms with Crippen molar-refractivity contribution in [3.63, 3.8) is 0 Å². The van der Waals surface area contributed by atoms with Crippen LogP contribution in [-0.4, -0.2) is 38.8 Å². The fourth-order valence-electron chi connectivity index (χ4n) is 3.73. The first-order chi connectivity index (χ1) is 13.1. The second-order valence-corrected chi connectivity index (χ2v) is 6.91. The van der Waals surface area contributed by atoms with Crippen molar-refractivity contribution in [1.82, 2.24) is 16.0 Å². The molecule has 146 valence electrons. The zero-order valence-electron chi connectivity index (χ0n) is 15.8. The number of carbonyl (C=O) groups excluding carboxylic acids is 2. The molecule has 3 rings (SSSR count). The van der Waals surface area contributed by atoms with Gasteiger partial charge in [-0.05, 0) is 30.5 Å². The lowest BCUT2D eigenvalue weighted by Gasteiger charge is -2.31. The Labute approximate surface area is 159 Å². The van der Waals surface area contributed by atoms with Crippen molar-refractivity contribution < 1.29 is 19.1 Å². The lowest BCUT2D eigenvalue weighted by atomic mass is 9.93. The van der Waals surface area contributed by atoms with Gasteiger partial charge in [0.15, 0.2) is 0 Å². The number of benzene rings is 1. The smallest absolute Gasteiger partial charge is 0.338 e. The lowest BCUT2D eigenvalue weighted by Crippen LogP contribution is -2.48. The monoisotopic (exact) mass is 373 g/mol. The average Bonchev–Trinajstić information content (AvgIpc) is 2.72. The molecule has 1 fully saturated rings. The molecule has 0 unspecified atom stereocenters. The van der Waals surface area contributed by atoms with E-state index in [9.17, 15) is 9.59 Å². The second kappa shape index (κ2) is 8.90. The molecule has 7 nitrogen and oxygen atoms in total. The highest BCUT2D eigenvalue weighted by Crippen LogP contribution is 2.29. The first-order valence-corrected chi connectivity index (χ1v) is 9.38. The average molecular weight is 373 g/mol. The highest BCUT2D eigenvalue weighted by atomic mass is 16.5. The zero-order valence-corrected chi connectivity index (χ0v) is 15.8. The third-order valence-corrected chi connectivity index (χ3v) is 5.16. The third kappa shape index (κ3) is 4.60. The van der Waals surface area contributed by atoms with E-state index in [4.69, 9.17) is 9.47 Å². The number of hydrogen-bond acceptors (Lipinski definition) is 5. The van der Waals surface area contributed by atoms with Crippen LogP contribution in [0.4, 0.5) is 4.79 Å². The van der Waals surface area contributed by atoms with Crippen LogP contribution in [0.3, 0.4) is 0 Å². The molecule has 2 aliphatic rings. The molecule has 0 saturated heterocycles. The Morgan fingerprint density at radius 3 is 2.70 bits per heavy atom. The molecular formula is C20H27N3O4. The summed E-state index contributed by atoms with van der Waals surface area (Å²) in [6.45, 7) is 0.420. The van der Waals surface area contributed by atoms with Crippen molar-refractivity contribution in [3.05, 3.63) is 41.1 Å². The lowest BCUT2D eigenvalue weighted by molar-refractivity contribution is -0.136. The van der Waals surface area contributed by atoms with Crippen molar-refractivity contribution in [3.8, 4) is 5.75 Å². The van der Waals surface area contributed by atoms with Gasteiger partial charge < -0.3 is 25.4 Å². The van der Waals surface area contributed by atoms with Gasteiger partial charge in [-0.15, -0.1) is 0 Å². The van der Waals surface area contributed by atoms with E-state index < -0.39 is 12.0 Å². The SMILES string of the molecule is COC(=O)C1=C(CNC2CCCCC2)NC(=O)N[C@H]1c1cccc(OC)c1. The molecule has 1 heterocycles. The Balaban J connectivity index is 1.90. The molecule has 1 aromatic carbocycles. The van der Waals surface area contributed by atoms with Crippen LogP contribution in [0.5, 0.6) is 5.75 Å². The number of nitrogens with one attached hydrogen (secondary N) is 3. The van der Waals surface area contributed by atoms with Crippen LogP contribution in [0.15, 0.2) is 35.5 Å². The van der Waals surface area contributed by atoms with E-state index in [0.717, 1.165) is 18.4 Å². The van der Waals surface area contributed by atoms with E-state index >= 15 is 0 Å². The van der Waals surface area contributed by atoms with Crippen molar-refractivity contribution in [1.29, 1.82) is 0 Å². The van der Waals surface area contributed by atoms with Crippen molar-refractivity contribution in [2.75, 3.05) is 20.8 Å². The molecule has 0 bridgehead atoms. The van der Waals surface area contributed by atoms with Gasteiger partial charge in [-0.3, -0.25) is 0 Å². The molecule has 3 N–H and O–H groups in total. The summed E-state index contributed by atoms with van der Waals surface area (Å²) in [4.78, 5) is 24.8. The Morgan fingerprint density at radius 2 is 2.00 bits per heavy atom. The summed E-state index contributed by atoms with van der Waals surface area (Å²) in [6, 6.07) is 6.79. The number of hydrogen-bond donors (Lipinski definition) is 3. The van der Waals surface area contributed by atoms with Crippen molar-refractivity contribution in [2.45, 2.75) is 44.2 Å². The summed E-state index contributed by atoms with van der Waals surface area (Å²) in [5, 5.41) is 9.09. The van der Waals surface area contributed by atoms with Crippen LogP contribution in [-0.2, 0) is 9.53 Å². The topological polar surface area (TPSA) is 88.7 Å². The molecule has 1 aliphatic carbocycles. The molecule has 0 spiro atoms. The maximum absolute atomic E-state index is 12.5. The van der Waals surface area contributed by atoms with Crippen molar-refractivity contribution in [2.24, 2.45) is 0 Å². The fourth-order valence-corrected chi connectivity index (χ4v) is 3.73. The fraction of sp³-hybridized carbons (Fsp3) is 0.500. The summed E-state index contributed by atoms with van der Waals surface area (Å²) in [7, 11) is 2.93. The predicted octanol–water partition coefficient (Wildman–Crippen LogP) is 2.40. The Hall–Kier alpha value is -2.54. The van der Waals surface area contributed by atoms with Gasteiger partial charge >= 0.3 is 12.0 Å². The minimum Gasteiger partial charge on any atom is -0.497 e. The maximum atomic E-state index is 12.5. The van der Waals surface area contributed by atoms with E-state index in [-0.39, 0.29) is 6.03 Å². The number of amides is 2. The van der Waals surface area contributed by atoms with E-state index in [1.165, 1.54) is 26.4 Å². The van der Waals surface area contributed by atoms with Crippen LogP contribution < -0.4 is 20.7 Å². The Kier molecular flexibility index (Phi) is 6.34. The molecule has 0 aromatic heterocycles. The van der Waals surface area contributed by atoms with Gasteiger partial charge in [0.25, 0.3) is 0 Å². The number of rotatable bonds is 6. The maximum Gasteiger partial charge on any atom is 0.338 e. The van der Waals surface area contributed by atoms with Crippen LogP contribution in [0.25, 0.3) is 0 Å². The van der Waals surface area contributed by atoms with Gasteiger partial charge in [0.1, 0.15) is 5.75 Å². The standard InChI is InChI=1S/C20H27N3O4/c1-26-15-10-6-7-13(11-15)18-17(19(24)27-2)16(22-20(25)23-18)12-21-14-8-4-3-5-9-14/h6-7,10-11,14,18,21H,3-5,8-9,12H2,1-2H3,(H2,22,23,25)/t18-/m0/s1. The number of urea groups is 1. The first-order valence-electron chi connectivity index (χ1n) is 9.38. The molecule has 7 heteroatoms. The molecule has 1 aliphatic heterocycles. The normalized spacial score (nSPS) is 20.7. The summed E-state index contributed by atoms with van der Waals surface area (Å²) in [6.07, 6.45) is 5.92. The number of methoxy groups -OCH3 is 2. The van der Waals surface area contributed by atoms with Gasteiger partial charge in [-0.2, -0.15) is 0 Å². The summed E-state index contributed by atoms with van der Waals surface area (Å²) in [5.41, 5.74) is 1.73. The second-order valence-electron chi connectivity index (χ2n) is 6.91. The summed E-state index contributed by atoms with van der Waals surface area (Å²) in [5.74, 6) is 0.196. The van der Waals surface area contributed by atoms with Gasteiger partial charge in [0.2, 0.25) is 0 Å². The number of carbonyl (C=O) groups is 2. The zero-order chi connectivity index (χ0) is 19.2. The quantitative estimate of drug-likeness (QED) is 0.667. The van der Waals surface area contributed by atoms with E-state index in [1.807, 2.05) is 24.3 Å². The molecule has 1 aromatic rings. The number of ether oxygens (including phenoxy) is 2. The molecule has 0 radical (unpaired) electrons. The van der Waals surface area contributed by atoms with E-state index in [2.05, 4.69) is 16.0 Å². The van der Waals surface area contributed by atoms with E-state index in [0.29, 0.717) is 29.6 Å². The predicted molar refractivity (Wildman–Crippen MR) is 101 cm³/mol. The highest BCUT2D eigenvalue weighted by Gasteiger charge is 2.33. The first kappa shape index (κ1) is 19.2. The minimum atomic E-state index is -0.593. The molecule has 2 amide bonds. The largest absolute Gasteiger partial charge is 0.497 e. The van der Waals surface area contributed by atoms with Gasteiger partial charge in [-0.1, -0.05) is 31.4 Å². The van der Waals surface area contributed by atoms with E-state index in [1.54, 1.807) is 7.11 Å². The number of esters is 1. The molecular weight excluding hydrogens is 346 g/mol. The van der Waals surface area contributed by atoms with Crippen LogP contribution in [0.1, 0.15) is 43.7 Å². The Bertz CT molecular complexity index is 726. The highest BCUT2D eigenvalue weighted by molar-refractivity contribution is 5.95. The van der Waals surface area contributed by atoms with Crippen molar-refractivity contribution >= 4 is 12.0 Å². The van der Waals surface area contributed by atoms with Crippen LogP contribution >= 0.6 is 0 Å². The summed E-state index contributed by atoms with van der Waals surface area (Å²) >= 11 is 0. The molecule has 1 atom stereocenters. The minimum absolute atomic E-state index is 0.337. The van der Waals surface area contributed by atoms with Gasteiger partial charge in [0, 0.05) is 18.3 Å². The molecule has 27 heavy (non-hydrogen) atoms. The van der Waals surface area contributed by atoms with Gasteiger partial charge in [-0.25, -0.2) is 9.59 Å². The Morgan fingerprint density at radius 1 is 1.22 bits per heavy atom. The molecule has 1 saturated carbocycles. The third-order valence-electron chi connectivity index (χ3n) is 5.16. The van der Waals surface area contributed by atoms with Gasteiger partial charge in [0.05, 0.1) is 25.8 Å². The van der Waals surface area contributed by atoms with Crippen LogP contribution in [0, 0.1) is 0 Å². The van der Waals surface area contributed by atoms with Crippen LogP contribution in [0.2, 0.25) is 0 Å². The summed E-state index contributed by atoms with van der Waals surface area (Å²) < 4.78 is 10.3.